The molecule has 0 unspecified atom stereocenters. The maximum absolute atomic E-state index is 12.0. The van der Waals surface area contributed by atoms with E-state index in [9.17, 15) is 14.4 Å². The van der Waals surface area contributed by atoms with Gasteiger partial charge in [-0.05, 0) is 0 Å². The molecule has 0 aliphatic rings. The fraction of sp³-hybridized carbons (Fsp3) is 0.667. The van der Waals surface area contributed by atoms with Gasteiger partial charge in [0.2, 0.25) is 0 Å². The van der Waals surface area contributed by atoms with Crippen LogP contribution >= 0.6 is 25.3 Å². The Balaban J connectivity index is 3.59. The van der Waals surface area contributed by atoms with Gasteiger partial charge in [-0.3, -0.25) is 0 Å². The molecule has 7 nitrogen and oxygen atoms in total. The Morgan fingerprint density at radius 1 is 0.778 bits per heavy atom. The molecule has 2 N–H and O–H groups in total. The third kappa shape index (κ3) is 2.90. The second-order valence-electron chi connectivity index (χ2n) is 3.54. The molecule has 1 aromatic rings. The van der Waals surface area contributed by atoms with Gasteiger partial charge in [-0.2, -0.15) is 25.3 Å². The van der Waals surface area contributed by atoms with Crippen LogP contribution in [0.5, 0.6) is 0 Å². The molecule has 1 heterocycles. The topological polar surface area (TPSA) is 92.0 Å². The van der Waals surface area contributed by atoms with E-state index in [2.05, 4.69) is 25.3 Å². The monoisotopic (exact) mass is 292 g/mol. The van der Waals surface area contributed by atoms with E-state index in [1.807, 2.05) is 0 Å². The highest BCUT2D eigenvalue weighted by Crippen LogP contribution is 1.81. The first kappa shape index (κ1) is 15.1. The number of hydrogen-bond acceptors (Lipinski definition) is 6. The van der Waals surface area contributed by atoms with E-state index < -0.39 is 17.1 Å². The fourth-order valence-corrected chi connectivity index (χ4v) is 1.99. The maximum atomic E-state index is 12.0. The Morgan fingerprint density at radius 2 is 1.11 bits per heavy atom. The van der Waals surface area contributed by atoms with Crippen molar-refractivity contribution < 1.29 is 0 Å². The van der Waals surface area contributed by atoms with Crippen molar-refractivity contribution in [2.24, 2.45) is 5.73 Å². The van der Waals surface area contributed by atoms with Crippen molar-refractivity contribution in [1.29, 1.82) is 0 Å². The van der Waals surface area contributed by atoms with Gasteiger partial charge >= 0.3 is 17.1 Å². The van der Waals surface area contributed by atoms with E-state index in [-0.39, 0.29) is 26.2 Å². The SMILES string of the molecule is NCCn1c(=O)n(CCS)c(=O)n(CCS)c1=O. The average Bonchev–Trinajstić information content (AvgIpc) is 2.35. The number of nitrogens with zero attached hydrogens (tertiary/aromatic N) is 3. The van der Waals surface area contributed by atoms with Crippen LogP contribution in [0.1, 0.15) is 0 Å². The molecule has 0 aliphatic heterocycles. The van der Waals surface area contributed by atoms with Gasteiger partial charge in [0, 0.05) is 37.7 Å². The first-order valence-corrected chi connectivity index (χ1v) is 6.71. The van der Waals surface area contributed by atoms with Gasteiger partial charge in [0.1, 0.15) is 0 Å². The van der Waals surface area contributed by atoms with Gasteiger partial charge in [0.05, 0.1) is 0 Å². The summed E-state index contributed by atoms with van der Waals surface area (Å²) in [7, 11) is 0. The van der Waals surface area contributed by atoms with Crippen molar-refractivity contribution in [3.8, 4) is 0 Å². The molecule has 0 amide bonds. The summed E-state index contributed by atoms with van der Waals surface area (Å²) in [5.74, 6) is 0.660. The zero-order valence-electron chi connectivity index (χ0n) is 9.78. The lowest BCUT2D eigenvalue weighted by Crippen LogP contribution is -2.55. The second-order valence-corrected chi connectivity index (χ2v) is 4.43. The molecule has 0 aromatic carbocycles. The Kier molecular flexibility index (Phi) is 5.76. The van der Waals surface area contributed by atoms with Crippen molar-refractivity contribution >= 4 is 25.3 Å². The standard InChI is InChI=1S/C9H16N4O3S2/c10-1-2-11-7(14)12(3-5-17)9(16)13(4-6-18)8(11)15/h17-18H,1-6,10H2. The molecule has 0 radical (unpaired) electrons. The normalized spacial score (nSPS) is 10.8. The van der Waals surface area contributed by atoms with Crippen molar-refractivity contribution in [3.05, 3.63) is 31.5 Å². The molecule has 9 heteroatoms. The summed E-state index contributed by atoms with van der Waals surface area (Å²) >= 11 is 7.98. The summed E-state index contributed by atoms with van der Waals surface area (Å²) in [6.45, 7) is 0.530. The second kappa shape index (κ2) is 6.86. The first-order valence-electron chi connectivity index (χ1n) is 5.44. The van der Waals surface area contributed by atoms with Crippen LogP contribution in [0, 0.1) is 0 Å². The Morgan fingerprint density at radius 3 is 1.39 bits per heavy atom. The summed E-state index contributed by atoms with van der Waals surface area (Å²) < 4.78 is 2.95. The molecule has 0 fully saturated rings. The minimum Gasteiger partial charge on any atom is -0.329 e. The Labute approximate surface area is 114 Å². The van der Waals surface area contributed by atoms with Crippen molar-refractivity contribution in [2.75, 3.05) is 18.1 Å². The van der Waals surface area contributed by atoms with Crippen LogP contribution in [0.3, 0.4) is 0 Å². The Bertz CT molecular complexity index is 463. The number of rotatable bonds is 6. The molecule has 0 bridgehead atoms. The van der Waals surface area contributed by atoms with Crippen LogP contribution in [-0.4, -0.2) is 31.8 Å². The maximum Gasteiger partial charge on any atom is 0.336 e. The van der Waals surface area contributed by atoms with Crippen LogP contribution in [0.4, 0.5) is 0 Å². The van der Waals surface area contributed by atoms with Crippen molar-refractivity contribution in [3.63, 3.8) is 0 Å². The molecule has 0 saturated heterocycles. The van der Waals surface area contributed by atoms with Crippen LogP contribution < -0.4 is 22.8 Å². The summed E-state index contributed by atoms with van der Waals surface area (Å²) in [6.07, 6.45) is 0. The summed E-state index contributed by atoms with van der Waals surface area (Å²) in [4.78, 5) is 35.9. The van der Waals surface area contributed by atoms with Crippen LogP contribution in [0.2, 0.25) is 0 Å². The predicted molar refractivity (Wildman–Crippen MR) is 76.0 cm³/mol. The number of thiol groups is 2. The molecule has 0 spiro atoms. The van der Waals surface area contributed by atoms with E-state index >= 15 is 0 Å². The van der Waals surface area contributed by atoms with Gasteiger partial charge in [-0.25, -0.2) is 28.1 Å². The summed E-state index contributed by atoms with van der Waals surface area (Å²) in [5.41, 5.74) is 3.46. The number of hydrogen-bond donors (Lipinski definition) is 3. The van der Waals surface area contributed by atoms with Crippen LogP contribution in [-0.2, 0) is 19.6 Å². The quantitative estimate of drug-likeness (QED) is 0.528. The van der Waals surface area contributed by atoms with Gasteiger partial charge in [-0.15, -0.1) is 0 Å². The minimum absolute atomic E-state index is 0.0804. The van der Waals surface area contributed by atoms with E-state index in [4.69, 9.17) is 5.73 Å². The molecule has 0 atom stereocenters. The number of nitrogens with two attached hydrogens (primary N) is 1. The van der Waals surface area contributed by atoms with Gasteiger partial charge in [0.25, 0.3) is 0 Å². The molecule has 1 rings (SSSR count). The molecule has 1 aromatic heterocycles. The lowest BCUT2D eigenvalue weighted by atomic mass is 10.6. The van der Waals surface area contributed by atoms with Gasteiger partial charge in [-0.1, -0.05) is 0 Å². The summed E-state index contributed by atoms with van der Waals surface area (Å²) in [5, 5.41) is 0. The van der Waals surface area contributed by atoms with Crippen LogP contribution in [0.15, 0.2) is 14.4 Å². The lowest BCUT2D eigenvalue weighted by molar-refractivity contribution is 0.468. The molecule has 0 saturated carbocycles. The zero-order chi connectivity index (χ0) is 13.7. The van der Waals surface area contributed by atoms with E-state index in [1.54, 1.807) is 0 Å². The number of aromatic nitrogens is 3. The van der Waals surface area contributed by atoms with Gasteiger partial charge in [0.15, 0.2) is 0 Å². The molecule has 102 valence electrons. The summed E-state index contributed by atoms with van der Waals surface area (Å²) in [6, 6.07) is 0. The molecular weight excluding hydrogens is 276 g/mol. The van der Waals surface area contributed by atoms with Crippen LogP contribution in [0.25, 0.3) is 0 Å². The highest BCUT2D eigenvalue weighted by Gasteiger charge is 2.13. The lowest BCUT2D eigenvalue weighted by Gasteiger charge is -2.12. The smallest absolute Gasteiger partial charge is 0.329 e. The highest BCUT2D eigenvalue weighted by atomic mass is 32.1. The third-order valence-corrected chi connectivity index (χ3v) is 2.79. The van der Waals surface area contributed by atoms with E-state index in [0.717, 1.165) is 13.7 Å². The van der Waals surface area contributed by atoms with Crippen molar-refractivity contribution in [1.82, 2.24) is 13.7 Å². The molecular formula is C9H16N4O3S2. The Hall–Kier alpha value is -0.930. The van der Waals surface area contributed by atoms with Gasteiger partial charge < -0.3 is 5.73 Å². The molecule has 18 heavy (non-hydrogen) atoms. The largest absolute Gasteiger partial charge is 0.336 e. The third-order valence-electron chi connectivity index (χ3n) is 2.39. The average molecular weight is 292 g/mol. The zero-order valence-corrected chi connectivity index (χ0v) is 11.6. The van der Waals surface area contributed by atoms with E-state index in [0.29, 0.717) is 11.5 Å². The van der Waals surface area contributed by atoms with E-state index in [1.165, 1.54) is 0 Å². The minimum atomic E-state index is -0.639. The van der Waals surface area contributed by atoms with Crippen molar-refractivity contribution in [2.45, 2.75) is 19.6 Å². The highest BCUT2D eigenvalue weighted by molar-refractivity contribution is 7.80. The molecule has 0 aliphatic carbocycles. The predicted octanol–water partition coefficient (Wildman–Crippen LogP) is -2.01. The fourth-order valence-electron chi connectivity index (χ4n) is 1.59. The first-order chi connectivity index (χ1) is 8.58.